The van der Waals surface area contributed by atoms with Crippen LogP contribution in [-0.2, 0) is 0 Å². The molecule has 0 radical (unpaired) electrons. The maximum atomic E-state index is 12.1. The number of carboxylic acid groups (broad SMARTS) is 1. The average molecular weight is 344 g/mol. The Morgan fingerprint density at radius 2 is 1.68 bits per heavy atom. The molecule has 7 heteroatoms. The van der Waals surface area contributed by atoms with Crippen LogP contribution >= 0.6 is 0 Å². The molecular weight excluding hydrogens is 326 g/mol. The number of amides is 1. The van der Waals surface area contributed by atoms with Gasteiger partial charge in [-0.1, -0.05) is 18.2 Å². The maximum Gasteiger partial charge on any atom is 0.252 e. The van der Waals surface area contributed by atoms with Gasteiger partial charge in [0.2, 0.25) is 0 Å². The van der Waals surface area contributed by atoms with Crippen LogP contribution in [0, 0.1) is 0 Å². The lowest BCUT2D eigenvalue weighted by atomic mass is 10.1. The molecule has 2 aromatic carbocycles. The van der Waals surface area contributed by atoms with Crippen molar-refractivity contribution in [3.8, 4) is 11.5 Å². The summed E-state index contributed by atoms with van der Waals surface area (Å²) in [6.45, 7) is -0.120. The summed E-state index contributed by atoms with van der Waals surface area (Å²) in [7, 11) is 1.56. The van der Waals surface area contributed by atoms with E-state index >= 15 is 0 Å². The van der Waals surface area contributed by atoms with Crippen LogP contribution in [-0.4, -0.2) is 43.3 Å². The molecule has 0 aliphatic carbocycles. The highest BCUT2D eigenvalue weighted by atomic mass is 16.5. The quantitative estimate of drug-likeness (QED) is 0.710. The van der Waals surface area contributed by atoms with Gasteiger partial charge in [-0.25, -0.2) is 0 Å². The molecule has 1 atom stereocenters. The number of hydrogen-bond acceptors (Lipinski definition) is 6. The van der Waals surface area contributed by atoms with Crippen molar-refractivity contribution in [2.24, 2.45) is 0 Å². The Labute approximate surface area is 144 Å². The molecule has 0 heterocycles. The number of benzene rings is 2. The van der Waals surface area contributed by atoms with E-state index in [-0.39, 0.29) is 24.3 Å². The van der Waals surface area contributed by atoms with E-state index in [0.717, 1.165) is 0 Å². The molecule has 0 bridgehead atoms. The number of methoxy groups -OCH3 is 1. The van der Waals surface area contributed by atoms with E-state index in [1.54, 1.807) is 37.4 Å². The van der Waals surface area contributed by atoms with E-state index in [0.29, 0.717) is 11.5 Å². The monoisotopic (exact) mass is 344 g/mol. The minimum atomic E-state index is -1.44. The summed E-state index contributed by atoms with van der Waals surface area (Å²) in [4.78, 5) is 23.1. The van der Waals surface area contributed by atoms with Crippen LogP contribution < -0.4 is 19.9 Å². The molecule has 2 N–H and O–H groups in total. The smallest absolute Gasteiger partial charge is 0.252 e. The van der Waals surface area contributed by atoms with Gasteiger partial charge < -0.3 is 29.8 Å². The normalized spacial score (nSPS) is 11.4. The molecule has 7 nitrogen and oxygen atoms in total. The second-order valence-electron chi connectivity index (χ2n) is 5.18. The van der Waals surface area contributed by atoms with Crippen molar-refractivity contribution in [3.05, 3.63) is 59.7 Å². The topological polar surface area (TPSA) is 108 Å². The van der Waals surface area contributed by atoms with E-state index in [4.69, 9.17) is 9.47 Å². The van der Waals surface area contributed by atoms with Gasteiger partial charge in [-0.15, -0.1) is 0 Å². The van der Waals surface area contributed by atoms with E-state index < -0.39 is 18.0 Å². The van der Waals surface area contributed by atoms with Crippen molar-refractivity contribution in [2.75, 3.05) is 20.3 Å². The molecule has 0 aliphatic heterocycles. The zero-order chi connectivity index (χ0) is 18.2. The van der Waals surface area contributed by atoms with Crippen LogP contribution in [0.15, 0.2) is 48.5 Å². The number of aliphatic hydroxyl groups excluding tert-OH is 1. The lowest BCUT2D eigenvalue weighted by molar-refractivity contribution is -0.255. The van der Waals surface area contributed by atoms with Crippen LogP contribution in [0.5, 0.6) is 11.5 Å². The highest BCUT2D eigenvalue weighted by Gasteiger charge is 2.13. The maximum absolute atomic E-state index is 12.1. The van der Waals surface area contributed by atoms with Crippen molar-refractivity contribution >= 4 is 11.9 Å². The van der Waals surface area contributed by atoms with Gasteiger partial charge in [-0.2, -0.15) is 0 Å². The minimum absolute atomic E-state index is 0.0224. The standard InChI is InChI=1S/C18H19NO6/c1-24-13-6-8-14(9-7-13)25-11-12(20)10-19-17(21)15-4-2-3-5-16(15)18(22)23/h2-9,12,20H,10-11H2,1H3,(H,19,21)(H,22,23)/p-1/t12-/m0/s1. The first-order chi connectivity index (χ1) is 12.0. The van der Waals surface area contributed by atoms with Crippen LogP contribution in [0.2, 0.25) is 0 Å². The second-order valence-corrected chi connectivity index (χ2v) is 5.18. The number of ether oxygens (including phenoxy) is 2. The van der Waals surface area contributed by atoms with Crippen molar-refractivity contribution in [2.45, 2.75) is 6.10 Å². The van der Waals surface area contributed by atoms with E-state index in [2.05, 4.69) is 5.32 Å². The summed E-state index contributed by atoms with van der Waals surface area (Å²) in [6.07, 6.45) is -0.957. The van der Waals surface area contributed by atoms with Gasteiger partial charge in [-0.05, 0) is 30.3 Å². The zero-order valence-corrected chi connectivity index (χ0v) is 13.6. The third-order valence-corrected chi connectivity index (χ3v) is 3.39. The number of rotatable bonds is 8. The Kier molecular flexibility index (Phi) is 6.36. The van der Waals surface area contributed by atoms with Crippen molar-refractivity contribution in [1.29, 1.82) is 0 Å². The lowest BCUT2D eigenvalue weighted by Gasteiger charge is -2.15. The highest BCUT2D eigenvalue weighted by Crippen LogP contribution is 2.17. The zero-order valence-electron chi connectivity index (χ0n) is 13.6. The fourth-order valence-corrected chi connectivity index (χ4v) is 2.09. The lowest BCUT2D eigenvalue weighted by Crippen LogP contribution is -2.36. The first-order valence-electron chi connectivity index (χ1n) is 7.54. The number of aromatic carboxylic acids is 1. The molecule has 2 rings (SSSR count). The summed E-state index contributed by atoms with van der Waals surface area (Å²) < 4.78 is 10.4. The van der Waals surface area contributed by atoms with Gasteiger partial charge in [0.05, 0.1) is 13.1 Å². The Hall–Kier alpha value is -3.06. The van der Waals surface area contributed by atoms with Gasteiger partial charge in [0, 0.05) is 17.7 Å². The molecule has 0 unspecified atom stereocenters. The SMILES string of the molecule is COc1ccc(OC[C@@H](O)CNC(=O)c2ccccc2C(=O)[O-])cc1. The fraction of sp³-hybridized carbons (Fsp3) is 0.222. The van der Waals surface area contributed by atoms with E-state index in [1.807, 2.05) is 0 Å². The fourth-order valence-electron chi connectivity index (χ4n) is 2.09. The highest BCUT2D eigenvalue weighted by molar-refractivity contribution is 6.04. The molecule has 0 spiro atoms. The summed E-state index contributed by atoms with van der Waals surface area (Å²) >= 11 is 0. The number of carboxylic acids is 1. The molecule has 25 heavy (non-hydrogen) atoms. The molecule has 132 valence electrons. The van der Waals surface area contributed by atoms with Crippen LogP contribution in [0.25, 0.3) is 0 Å². The molecule has 0 saturated carbocycles. The number of carbonyl (C=O) groups is 2. The molecular formula is C18H18NO6-. The number of nitrogens with one attached hydrogen (secondary N) is 1. The first kappa shape index (κ1) is 18.3. The minimum Gasteiger partial charge on any atom is -0.545 e. The summed E-state index contributed by atoms with van der Waals surface area (Å²) in [6, 6.07) is 12.5. The van der Waals surface area contributed by atoms with Gasteiger partial charge in [-0.3, -0.25) is 4.79 Å². The molecule has 1 amide bonds. The second kappa shape index (κ2) is 8.70. The van der Waals surface area contributed by atoms with Crippen molar-refractivity contribution in [3.63, 3.8) is 0 Å². The van der Waals surface area contributed by atoms with Crippen molar-refractivity contribution < 1.29 is 29.3 Å². The Morgan fingerprint density at radius 3 is 2.28 bits per heavy atom. The summed E-state index contributed by atoms with van der Waals surface area (Å²) in [5.41, 5.74) is -0.227. The van der Waals surface area contributed by atoms with Gasteiger partial charge in [0.1, 0.15) is 24.2 Å². The largest absolute Gasteiger partial charge is 0.545 e. The first-order valence-corrected chi connectivity index (χ1v) is 7.54. The third kappa shape index (κ3) is 5.22. The Bertz CT molecular complexity index is 729. The number of hydrogen-bond donors (Lipinski definition) is 2. The number of carbonyl (C=O) groups excluding carboxylic acids is 2. The predicted octanol–water partition coefficient (Wildman–Crippen LogP) is 0.228. The van der Waals surface area contributed by atoms with Gasteiger partial charge in [0.25, 0.3) is 5.91 Å². The van der Waals surface area contributed by atoms with E-state index in [9.17, 15) is 19.8 Å². The Balaban J connectivity index is 1.84. The predicted molar refractivity (Wildman–Crippen MR) is 87.6 cm³/mol. The van der Waals surface area contributed by atoms with Crippen LogP contribution in [0.1, 0.15) is 20.7 Å². The average Bonchev–Trinajstić information content (AvgIpc) is 2.64. The van der Waals surface area contributed by atoms with Crippen molar-refractivity contribution in [1.82, 2.24) is 5.32 Å². The Morgan fingerprint density at radius 1 is 1.08 bits per heavy atom. The van der Waals surface area contributed by atoms with Crippen LogP contribution in [0.4, 0.5) is 0 Å². The molecule has 0 aliphatic rings. The van der Waals surface area contributed by atoms with E-state index in [1.165, 1.54) is 18.2 Å². The molecule has 0 fully saturated rings. The summed E-state index contributed by atoms with van der Waals surface area (Å²) in [5, 5.41) is 23.4. The number of aliphatic hydroxyl groups is 1. The van der Waals surface area contributed by atoms with Gasteiger partial charge >= 0.3 is 0 Å². The van der Waals surface area contributed by atoms with Crippen LogP contribution in [0.3, 0.4) is 0 Å². The van der Waals surface area contributed by atoms with Gasteiger partial charge in [0.15, 0.2) is 0 Å². The third-order valence-electron chi connectivity index (χ3n) is 3.39. The molecule has 0 aromatic heterocycles. The molecule has 0 saturated heterocycles. The molecule has 2 aromatic rings. The summed E-state index contributed by atoms with van der Waals surface area (Å²) in [5.74, 6) is -0.808.